The van der Waals surface area contributed by atoms with E-state index in [0.717, 1.165) is 0 Å². The van der Waals surface area contributed by atoms with E-state index in [1.165, 1.54) is 51.4 Å². The third-order valence-corrected chi connectivity index (χ3v) is 2.44. The van der Waals surface area contributed by atoms with E-state index in [2.05, 4.69) is 6.92 Å². The van der Waals surface area contributed by atoms with Crippen molar-refractivity contribution in [2.24, 2.45) is 0 Å². The van der Waals surface area contributed by atoms with E-state index in [-0.39, 0.29) is 18.9 Å². The van der Waals surface area contributed by atoms with Crippen molar-refractivity contribution < 1.29 is 0 Å². The normalized spacial score (nSPS) is 19.4. The molecule has 0 bridgehead atoms. The van der Waals surface area contributed by atoms with E-state index in [1.54, 1.807) is 0 Å². The molecule has 0 aromatic carbocycles. The third kappa shape index (κ3) is 4.94. The van der Waals surface area contributed by atoms with Crippen LogP contribution in [-0.4, -0.2) is 18.9 Å². The summed E-state index contributed by atoms with van der Waals surface area (Å²) < 4.78 is 0. The number of rotatable bonds is 3. The molecule has 0 aromatic heterocycles. The van der Waals surface area contributed by atoms with Crippen LogP contribution in [0.1, 0.15) is 58.3 Å². The predicted octanol–water partition coefficient (Wildman–Crippen LogP) is 3.07. The van der Waals surface area contributed by atoms with Crippen molar-refractivity contribution >= 4 is 18.9 Å². The Morgan fingerprint density at radius 1 is 1.09 bits per heavy atom. The van der Waals surface area contributed by atoms with Crippen molar-refractivity contribution in [2.45, 2.75) is 58.3 Å². The zero-order valence-corrected chi connectivity index (χ0v) is 7.16. The van der Waals surface area contributed by atoms with Gasteiger partial charge in [0.1, 0.15) is 0 Å². The Balaban J connectivity index is 0.000001000. The van der Waals surface area contributed by atoms with Crippen LogP contribution in [0, 0.1) is 5.92 Å². The van der Waals surface area contributed by atoms with Gasteiger partial charge in [0, 0.05) is 0 Å². The van der Waals surface area contributed by atoms with Gasteiger partial charge in [0.05, 0.1) is 0 Å². The van der Waals surface area contributed by atoms with Crippen molar-refractivity contribution in [2.75, 3.05) is 0 Å². The molecule has 61 valence electrons. The Bertz CT molecular complexity index is 74.9. The first-order chi connectivity index (χ1) is 4.93. The molecule has 1 rings (SSSR count). The number of hydrogen-bond donors (Lipinski definition) is 0. The van der Waals surface area contributed by atoms with E-state index >= 15 is 0 Å². The van der Waals surface area contributed by atoms with Gasteiger partial charge < -0.3 is 0 Å². The summed E-state index contributed by atoms with van der Waals surface area (Å²) in [4.78, 5) is 0. The molecule has 1 heteroatoms. The monoisotopic (exact) mass is 147 g/mol. The van der Waals surface area contributed by atoms with E-state index in [0.29, 0.717) is 0 Å². The van der Waals surface area contributed by atoms with Gasteiger partial charge in [-0.05, 0) is 25.2 Å². The Kier molecular flexibility index (Phi) is 7.65. The minimum absolute atomic E-state index is 0. The molecule has 0 atom stereocenters. The summed E-state index contributed by atoms with van der Waals surface area (Å²) in [5.41, 5.74) is 0. The summed E-state index contributed by atoms with van der Waals surface area (Å²) >= 11 is 0. The molecule has 0 heterocycles. The summed E-state index contributed by atoms with van der Waals surface area (Å²) in [5.74, 6) is 1.85. The summed E-state index contributed by atoms with van der Waals surface area (Å²) in [5, 5.41) is 0. The standard InChI is InChI=1S/C10H19.Li.H/c1-2-3-7-10-8-5-4-6-9-10;;/h2-9H2,1H3;;. The summed E-state index contributed by atoms with van der Waals surface area (Å²) in [6.07, 6.45) is 11.5. The second-order valence-corrected chi connectivity index (χ2v) is 3.41. The van der Waals surface area contributed by atoms with Gasteiger partial charge in [-0.2, -0.15) is 0 Å². The fourth-order valence-electron chi connectivity index (χ4n) is 1.73. The summed E-state index contributed by atoms with van der Waals surface area (Å²) in [7, 11) is 0. The fraction of sp³-hybridized carbons (Fsp3) is 0.900. The van der Waals surface area contributed by atoms with Gasteiger partial charge >= 0.3 is 18.9 Å². The van der Waals surface area contributed by atoms with Crippen molar-refractivity contribution in [3.05, 3.63) is 5.92 Å². The molecule has 1 fully saturated rings. The molecule has 0 nitrogen and oxygen atoms in total. The molecule has 0 aliphatic heterocycles. The molecule has 0 spiro atoms. The SMILES string of the molecule is CCCC[C]1CCCCC1.[LiH]. The molecule has 11 heavy (non-hydrogen) atoms. The average Bonchev–Trinajstić information content (AvgIpc) is 2.03. The molecule has 0 amide bonds. The fourth-order valence-corrected chi connectivity index (χ4v) is 1.73. The van der Waals surface area contributed by atoms with Gasteiger partial charge in [0.25, 0.3) is 0 Å². The van der Waals surface area contributed by atoms with Gasteiger partial charge in [-0.15, -0.1) is 0 Å². The first-order valence-electron chi connectivity index (χ1n) is 4.77. The van der Waals surface area contributed by atoms with Crippen molar-refractivity contribution in [3.63, 3.8) is 0 Å². The van der Waals surface area contributed by atoms with E-state index < -0.39 is 0 Å². The first kappa shape index (κ1) is 11.6. The van der Waals surface area contributed by atoms with Crippen LogP contribution in [0.3, 0.4) is 0 Å². The topological polar surface area (TPSA) is 0 Å². The van der Waals surface area contributed by atoms with E-state index in [4.69, 9.17) is 0 Å². The van der Waals surface area contributed by atoms with Gasteiger partial charge in [0.15, 0.2) is 0 Å². The molecular formula is C10H20Li. The molecule has 0 aromatic rings. The molecule has 0 saturated heterocycles. The van der Waals surface area contributed by atoms with Gasteiger partial charge in [0.2, 0.25) is 0 Å². The van der Waals surface area contributed by atoms with Crippen molar-refractivity contribution in [1.29, 1.82) is 0 Å². The molecule has 1 radical (unpaired) electrons. The Hall–Kier alpha value is 0.597. The second-order valence-electron chi connectivity index (χ2n) is 3.41. The Labute approximate surface area is 83.3 Å². The first-order valence-corrected chi connectivity index (χ1v) is 4.77. The average molecular weight is 147 g/mol. The summed E-state index contributed by atoms with van der Waals surface area (Å²) in [6, 6.07) is 0. The molecule has 0 unspecified atom stereocenters. The third-order valence-electron chi connectivity index (χ3n) is 2.44. The molecule has 1 aliphatic rings. The Morgan fingerprint density at radius 3 is 2.27 bits per heavy atom. The van der Waals surface area contributed by atoms with Crippen molar-refractivity contribution in [3.8, 4) is 0 Å². The zero-order chi connectivity index (χ0) is 7.23. The van der Waals surface area contributed by atoms with Crippen LogP contribution < -0.4 is 0 Å². The minimum atomic E-state index is 0. The van der Waals surface area contributed by atoms with Gasteiger partial charge in [-0.3, -0.25) is 0 Å². The van der Waals surface area contributed by atoms with Gasteiger partial charge in [-0.1, -0.05) is 39.0 Å². The summed E-state index contributed by atoms with van der Waals surface area (Å²) in [6.45, 7) is 2.28. The zero-order valence-electron chi connectivity index (χ0n) is 7.16. The van der Waals surface area contributed by atoms with Crippen molar-refractivity contribution in [1.82, 2.24) is 0 Å². The van der Waals surface area contributed by atoms with Gasteiger partial charge in [-0.25, -0.2) is 0 Å². The van der Waals surface area contributed by atoms with Crippen LogP contribution >= 0.6 is 0 Å². The van der Waals surface area contributed by atoms with Crippen LogP contribution in [0.5, 0.6) is 0 Å². The maximum absolute atomic E-state index is 2.28. The Morgan fingerprint density at radius 2 is 1.73 bits per heavy atom. The number of hydrogen-bond acceptors (Lipinski definition) is 0. The van der Waals surface area contributed by atoms with E-state index in [1.807, 2.05) is 5.92 Å². The molecular weight excluding hydrogens is 127 g/mol. The van der Waals surface area contributed by atoms with Crippen LogP contribution in [-0.2, 0) is 0 Å². The van der Waals surface area contributed by atoms with Crippen LogP contribution in [0.25, 0.3) is 0 Å². The van der Waals surface area contributed by atoms with Crippen LogP contribution in [0.2, 0.25) is 0 Å². The van der Waals surface area contributed by atoms with Crippen LogP contribution in [0.4, 0.5) is 0 Å². The molecule has 1 aliphatic carbocycles. The molecule has 0 N–H and O–H groups in total. The molecule has 1 saturated carbocycles. The van der Waals surface area contributed by atoms with Crippen LogP contribution in [0.15, 0.2) is 0 Å². The number of unbranched alkanes of at least 4 members (excludes halogenated alkanes) is 1. The second kappa shape index (κ2) is 7.26. The predicted molar refractivity (Wildman–Crippen MR) is 53.0 cm³/mol. The van der Waals surface area contributed by atoms with E-state index in [9.17, 15) is 0 Å². The quantitative estimate of drug-likeness (QED) is 0.538. The maximum atomic E-state index is 2.28.